The number of hydrogen-bond donors (Lipinski definition) is 2. The predicted molar refractivity (Wildman–Crippen MR) is 65.5 cm³/mol. The van der Waals surface area contributed by atoms with Gasteiger partial charge in [0, 0.05) is 0 Å². The molecule has 5 nitrogen and oxygen atoms in total. The summed E-state index contributed by atoms with van der Waals surface area (Å²) in [6, 6.07) is 6.17. The average Bonchev–Trinajstić information content (AvgIpc) is 2.34. The Kier molecular flexibility index (Phi) is 5.61. The average molecular weight is 254 g/mol. The third kappa shape index (κ3) is 4.73. The number of para-hydroxylation sites is 1. The van der Waals surface area contributed by atoms with E-state index < -0.39 is 12.1 Å². The van der Waals surface area contributed by atoms with Crippen molar-refractivity contribution in [2.45, 2.75) is 26.1 Å². The third-order valence-corrected chi connectivity index (χ3v) is 2.20. The molecule has 0 aliphatic rings. The van der Waals surface area contributed by atoms with Crippen LogP contribution in [0.3, 0.4) is 0 Å². The minimum absolute atomic E-state index is 0.0693. The van der Waals surface area contributed by atoms with Crippen molar-refractivity contribution in [2.75, 3.05) is 13.2 Å². The zero-order chi connectivity index (χ0) is 13.5. The van der Waals surface area contributed by atoms with Crippen molar-refractivity contribution in [1.29, 1.82) is 0 Å². The lowest BCUT2D eigenvalue weighted by Crippen LogP contribution is -2.23. The Morgan fingerprint density at radius 1 is 1.28 bits per heavy atom. The van der Waals surface area contributed by atoms with E-state index in [1.54, 1.807) is 26.0 Å². The molecule has 0 aromatic heterocycles. The van der Waals surface area contributed by atoms with E-state index in [2.05, 4.69) is 0 Å². The number of benzene rings is 1. The number of esters is 1. The van der Waals surface area contributed by atoms with Crippen LogP contribution in [0.15, 0.2) is 24.3 Å². The molecule has 0 bridgehead atoms. The van der Waals surface area contributed by atoms with Crippen LogP contribution in [0.2, 0.25) is 0 Å². The molecule has 0 heterocycles. The predicted octanol–water partition coefficient (Wildman–Crippen LogP) is 1.33. The monoisotopic (exact) mass is 254 g/mol. The summed E-state index contributed by atoms with van der Waals surface area (Å²) in [6.45, 7) is 3.61. The minimum Gasteiger partial charge on any atom is -0.507 e. The molecule has 0 fully saturated rings. The van der Waals surface area contributed by atoms with Gasteiger partial charge < -0.3 is 19.7 Å². The zero-order valence-corrected chi connectivity index (χ0v) is 10.5. The van der Waals surface area contributed by atoms with Gasteiger partial charge in [-0.25, -0.2) is 4.79 Å². The molecule has 2 atom stereocenters. The van der Waals surface area contributed by atoms with E-state index in [1.807, 2.05) is 0 Å². The van der Waals surface area contributed by atoms with Crippen molar-refractivity contribution >= 4 is 5.97 Å². The van der Waals surface area contributed by atoms with Gasteiger partial charge in [0.2, 0.25) is 0 Å². The Labute approximate surface area is 106 Å². The van der Waals surface area contributed by atoms with Crippen LogP contribution in [0.4, 0.5) is 0 Å². The van der Waals surface area contributed by atoms with Gasteiger partial charge in [-0.15, -0.1) is 0 Å². The topological polar surface area (TPSA) is 76.0 Å². The van der Waals surface area contributed by atoms with Crippen LogP contribution in [0, 0.1) is 0 Å². The van der Waals surface area contributed by atoms with E-state index in [1.165, 1.54) is 12.1 Å². The van der Waals surface area contributed by atoms with Crippen LogP contribution in [-0.4, -0.2) is 41.6 Å². The van der Waals surface area contributed by atoms with Crippen LogP contribution < -0.4 is 0 Å². The molecule has 100 valence electrons. The number of phenols is 1. The summed E-state index contributed by atoms with van der Waals surface area (Å²) < 4.78 is 10.2. The fraction of sp³-hybridized carbons (Fsp3) is 0.462. The van der Waals surface area contributed by atoms with Crippen molar-refractivity contribution in [1.82, 2.24) is 0 Å². The van der Waals surface area contributed by atoms with Gasteiger partial charge in [0.1, 0.15) is 17.9 Å². The Morgan fingerprint density at radius 2 is 1.94 bits per heavy atom. The molecule has 0 unspecified atom stereocenters. The Bertz CT molecular complexity index is 389. The maximum Gasteiger partial charge on any atom is 0.342 e. The zero-order valence-electron chi connectivity index (χ0n) is 10.5. The normalized spacial score (nSPS) is 13.9. The van der Waals surface area contributed by atoms with Crippen LogP contribution in [0.1, 0.15) is 24.2 Å². The SMILES string of the molecule is C[C@@H](O)CO[C@@H](C)COC(=O)c1ccccc1O. The van der Waals surface area contributed by atoms with Crippen molar-refractivity contribution in [3.8, 4) is 5.75 Å². The second-order valence-electron chi connectivity index (χ2n) is 4.11. The molecule has 1 rings (SSSR count). The molecule has 1 aromatic rings. The first-order valence-corrected chi connectivity index (χ1v) is 5.75. The number of phenolic OH excluding ortho intramolecular Hbond substituents is 1. The van der Waals surface area contributed by atoms with Crippen LogP contribution in [-0.2, 0) is 9.47 Å². The number of ether oxygens (including phenoxy) is 2. The Morgan fingerprint density at radius 3 is 2.56 bits per heavy atom. The maximum absolute atomic E-state index is 11.6. The van der Waals surface area contributed by atoms with E-state index in [-0.39, 0.29) is 30.6 Å². The van der Waals surface area contributed by atoms with Crippen LogP contribution in [0.25, 0.3) is 0 Å². The highest BCUT2D eigenvalue weighted by molar-refractivity contribution is 5.92. The van der Waals surface area contributed by atoms with Gasteiger partial charge in [0.05, 0.1) is 18.8 Å². The third-order valence-electron chi connectivity index (χ3n) is 2.20. The van der Waals surface area contributed by atoms with Gasteiger partial charge in [-0.3, -0.25) is 0 Å². The number of aliphatic hydroxyl groups excluding tert-OH is 1. The first kappa shape index (κ1) is 14.5. The smallest absolute Gasteiger partial charge is 0.342 e. The quantitative estimate of drug-likeness (QED) is 0.749. The number of hydrogen-bond acceptors (Lipinski definition) is 5. The summed E-state index contributed by atoms with van der Waals surface area (Å²) in [4.78, 5) is 11.6. The number of carbonyl (C=O) groups excluding carboxylic acids is 1. The molecule has 5 heteroatoms. The highest BCUT2D eigenvalue weighted by atomic mass is 16.6. The van der Waals surface area contributed by atoms with Gasteiger partial charge in [-0.1, -0.05) is 12.1 Å². The summed E-state index contributed by atoms with van der Waals surface area (Å²) in [5.41, 5.74) is 0.125. The van der Waals surface area contributed by atoms with E-state index in [0.29, 0.717) is 0 Å². The van der Waals surface area contributed by atoms with Crippen LogP contribution in [0.5, 0.6) is 5.75 Å². The van der Waals surface area contributed by atoms with E-state index in [0.717, 1.165) is 0 Å². The molecule has 1 aromatic carbocycles. The molecule has 0 radical (unpaired) electrons. The van der Waals surface area contributed by atoms with E-state index in [4.69, 9.17) is 14.6 Å². The maximum atomic E-state index is 11.6. The fourth-order valence-corrected chi connectivity index (χ4v) is 1.27. The summed E-state index contributed by atoms with van der Waals surface area (Å²) >= 11 is 0. The van der Waals surface area contributed by atoms with Crippen LogP contribution >= 0.6 is 0 Å². The largest absolute Gasteiger partial charge is 0.507 e. The Hall–Kier alpha value is -1.59. The fourth-order valence-electron chi connectivity index (χ4n) is 1.27. The highest BCUT2D eigenvalue weighted by Gasteiger charge is 2.13. The van der Waals surface area contributed by atoms with Gasteiger partial charge in [-0.05, 0) is 26.0 Å². The standard InChI is InChI=1S/C13H18O5/c1-9(14)7-17-10(2)8-18-13(16)11-5-3-4-6-12(11)15/h3-6,9-10,14-15H,7-8H2,1-2H3/t9-,10+/m1/s1. The summed E-state index contributed by atoms with van der Waals surface area (Å²) in [6.07, 6.45) is -0.865. The van der Waals surface area contributed by atoms with E-state index in [9.17, 15) is 9.90 Å². The van der Waals surface area contributed by atoms with Gasteiger partial charge in [0.25, 0.3) is 0 Å². The molecule has 2 N–H and O–H groups in total. The molecule has 0 aliphatic heterocycles. The van der Waals surface area contributed by atoms with Gasteiger partial charge in [0.15, 0.2) is 0 Å². The number of aromatic hydroxyl groups is 1. The lowest BCUT2D eigenvalue weighted by molar-refractivity contribution is -0.0279. The molecular weight excluding hydrogens is 236 g/mol. The molecule has 0 saturated carbocycles. The first-order chi connectivity index (χ1) is 8.50. The van der Waals surface area contributed by atoms with Crippen molar-refractivity contribution < 1.29 is 24.5 Å². The second-order valence-corrected chi connectivity index (χ2v) is 4.11. The summed E-state index contributed by atoms with van der Waals surface area (Å²) in [7, 11) is 0. The van der Waals surface area contributed by atoms with Gasteiger partial charge >= 0.3 is 5.97 Å². The number of aliphatic hydroxyl groups is 1. The van der Waals surface area contributed by atoms with Crippen molar-refractivity contribution in [3.05, 3.63) is 29.8 Å². The molecular formula is C13H18O5. The van der Waals surface area contributed by atoms with Crippen molar-refractivity contribution in [3.63, 3.8) is 0 Å². The lowest BCUT2D eigenvalue weighted by atomic mass is 10.2. The highest BCUT2D eigenvalue weighted by Crippen LogP contribution is 2.16. The Balaban J connectivity index is 2.40. The van der Waals surface area contributed by atoms with Gasteiger partial charge in [-0.2, -0.15) is 0 Å². The van der Waals surface area contributed by atoms with E-state index >= 15 is 0 Å². The molecule has 0 aliphatic carbocycles. The van der Waals surface area contributed by atoms with Crippen molar-refractivity contribution in [2.24, 2.45) is 0 Å². The number of carbonyl (C=O) groups is 1. The molecule has 0 amide bonds. The number of rotatable bonds is 6. The summed E-state index contributed by atoms with van der Waals surface area (Å²) in [5, 5.41) is 18.5. The first-order valence-electron chi connectivity index (χ1n) is 5.75. The minimum atomic E-state index is -0.597. The lowest BCUT2D eigenvalue weighted by Gasteiger charge is -2.14. The second kappa shape index (κ2) is 6.98. The summed E-state index contributed by atoms with van der Waals surface area (Å²) in [5.74, 6) is -0.708. The molecule has 0 saturated heterocycles. The molecule has 18 heavy (non-hydrogen) atoms. The molecule has 0 spiro atoms.